The van der Waals surface area contributed by atoms with E-state index in [1.165, 1.54) is 6.20 Å². The van der Waals surface area contributed by atoms with Gasteiger partial charge in [0.15, 0.2) is 0 Å². The van der Waals surface area contributed by atoms with Gasteiger partial charge in [-0.15, -0.1) is 0 Å². The first kappa shape index (κ1) is 16.8. The Bertz CT molecular complexity index is 860. The number of halogens is 1. The van der Waals surface area contributed by atoms with Gasteiger partial charge in [0.2, 0.25) is 6.10 Å². The lowest BCUT2D eigenvalue weighted by Crippen LogP contribution is -2.38. The first-order chi connectivity index (χ1) is 12.6. The van der Waals surface area contributed by atoms with Gasteiger partial charge in [-0.1, -0.05) is 29.8 Å². The molecule has 1 aromatic heterocycles. The second-order valence-electron chi connectivity index (χ2n) is 6.25. The third kappa shape index (κ3) is 3.35. The Morgan fingerprint density at radius 3 is 3.00 bits per heavy atom. The van der Waals surface area contributed by atoms with Gasteiger partial charge in [-0.2, -0.15) is 0 Å². The van der Waals surface area contributed by atoms with Crippen LogP contribution in [0.5, 0.6) is 0 Å². The van der Waals surface area contributed by atoms with E-state index in [0.717, 1.165) is 5.56 Å². The molecule has 1 saturated heterocycles. The molecule has 0 bridgehead atoms. The highest BCUT2D eigenvalue weighted by Gasteiger charge is 2.35. The number of carbonyl (C=O) groups is 2. The normalized spacial score (nSPS) is 21.9. The van der Waals surface area contributed by atoms with Crippen molar-refractivity contribution in [3.8, 4) is 0 Å². The van der Waals surface area contributed by atoms with Crippen molar-refractivity contribution < 1.29 is 19.1 Å². The molecule has 0 radical (unpaired) electrons. The molecule has 2 aliphatic heterocycles. The molecule has 0 spiro atoms. The molecule has 0 aliphatic carbocycles. The van der Waals surface area contributed by atoms with Crippen LogP contribution in [-0.2, 0) is 20.7 Å². The van der Waals surface area contributed by atoms with Crippen molar-refractivity contribution in [1.82, 2.24) is 9.97 Å². The van der Waals surface area contributed by atoms with E-state index in [-0.39, 0.29) is 6.10 Å². The van der Waals surface area contributed by atoms with Crippen LogP contribution in [0.1, 0.15) is 22.3 Å². The molecule has 4 rings (SSSR count). The van der Waals surface area contributed by atoms with Crippen LogP contribution in [0.15, 0.2) is 36.7 Å². The molecule has 0 saturated carbocycles. The zero-order valence-electron chi connectivity index (χ0n) is 13.8. The molecule has 0 amide bonds. The summed E-state index contributed by atoms with van der Waals surface area (Å²) in [6, 6.07) is 7.12. The molecule has 7 nitrogen and oxygen atoms in total. The summed E-state index contributed by atoms with van der Waals surface area (Å²) < 4.78 is 10.8. The maximum atomic E-state index is 12.4. The summed E-state index contributed by atoms with van der Waals surface area (Å²) in [6.07, 6.45) is 2.88. The van der Waals surface area contributed by atoms with Gasteiger partial charge in [0.05, 0.1) is 24.5 Å². The number of aromatic nitrogens is 2. The Morgan fingerprint density at radius 1 is 1.31 bits per heavy atom. The molecule has 0 N–H and O–H groups in total. The third-order valence-corrected chi connectivity index (χ3v) is 4.68. The van der Waals surface area contributed by atoms with E-state index >= 15 is 0 Å². The van der Waals surface area contributed by atoms with Crippen LogP contribution < -0.4 is 4.90 Å². The summed E-state index contributed by atoms with van der Waals surface area (Å²) in [4.78, 5) is 34.7. The highest BCUT2D eigenvalue weighted by Crippen LogP contribution is 2.24. The number of nitrogens with zero attached hydrogens (tertiary/aromatic N) is 3. The molecule has 1 fully saturated rings. The van der Waals surface area contributed by atoms with Gasteiger partial charge in [0, 0.05) is 19.4 Å². The minimum atomic E-state index is -0.905. The van der Waals surface area contributed by atoms with Crippen molar-refractivity contribution in [2.75, 3.05) is 18.0 Å². The van der Waals surface area contributed by atoms with Crippen molar-refractivity contribution in [3.05, 3.63) is 52.9 Å². The van der Waals surface area contributed by atoms with E-state index in [9.17, 15) is 9.59 Å². The van der Waals surface area contributed by atoms with Crippen LogP contribution in [-0.4, -0.2) is 47.2 Å². The number of rotatable bonds is 3. The molecule has 2 aliphatic rings. The summed E-state index contributed by atoms with van der Waals surface area (Å²) in [6.45, 7) is 1.18. The van der Waals surface area contributed by atoms with Crippen LogP contribution >= 0.6 is 11.6 Å². The Morgan fingerprint density at radius 2 is 2.15 bits per heavy atom. The lowest BCUT2D eigenvalue weighted by Gasteiger charge is -2.24. The average Bonchev–Trinajstić information content (AvgIpc) is 3.10. The lowest BCUT2D eigenvalue weighted by molar-refractivity contribution is -0.158. The zero-order chi connectivity index (χ0) is 18.1. The van der Waals surface area contributed by atoms with E-state index in [2.05, 4.69) is 9.97 Å². The summed E-state index contributed by atoms with van der Waals surface area (Å²) in [7, 11) is 0. The fourth-order valence-corrected chi connectivity index (χ4v) is 3.36. The van der Waals surface area contributed by atoms with Crippen molar-refractivity contribution in [1.29, 1.82) is 0 Å². The number of carbonyl (C=O) groups excluding carboxylic acids is 2. The number of cyclic esters (lactones) is 1. The summed E-state index contributed by atoms with van der Waals surface area (Å²) in [5.74, 6) is -0.359. The topological polar surface area (TPSA) is 81.6 Å². The maximum Gasteiger partial charge on any atom is 0.348 e. The van der Waals surface area contributed by atoms with E-state index in [1.807, 2.05) is 17.0 Å². The fraction of sp³-hybridized carbons (Fsp3) is 0.333. The molecule has 2 unspecified atom stereocenters. The van der Waals surface area contributed by atoms with Crippen LogP contribution in [0.25, 0.3) is 0 Å². The fourth-order valence-electron chi connectivity index (χ4n) is 3.22. The molecule has 134 valence electrons. The largest absolute Gasteiger partial charge is 0.458 e. The van der Waals surface area contributed by atoms with E-state index in [0.29, 0.717) is 42.5 Å². The molecule has 2 aromatic rings. The van der Waals surface area contributed by atoms with E-state index in [4.69, 9.17) is 21.1 Å². The second-order valence-corrected chi connectivity index (χ2v) is 6.64. The van der Waals surface area contributed by atoms with Crippen LogP contribution in [0.2, 0.25) is 5.15 Å². The molecule has 2 atom stereocenters. The predicted octanol–water partition coefficient (Wildman–Crippen LogP) is 2.03. The summed E-state index contributed by atoms with van der Waals surface area (Å²) >= 11 is 5.87. The number of hydrogen-bond acceptors (Lipinski definition) is 7. The number of anilines is 1. The standard InChI is InChI=1S/C18H16ClN3O4/c19-15-8-20-9-16(21-15)22-6-5-12(10-22)25-18(24)14-7-11-3-1-2-4-13(11)17(23)26-14/h1-4,8-9,12,14H,5-7,10H2. The van der Waals surface area contributed by atoms with Gasteiger partial charge in [0.1, 0.15) is 17.1 Å². The number of hydrogen-bond donors (Lipinski definition) is 0. The maximum absolute atomic E-state index is 12.4. The first-order valence-corrected chi connectivity index (χ1v) is 8.70. The molecular weight excluding hydrogens is 358 g/mol. The van der Waals surface area contributed by atoms with Gasteiger partial charge in [-0.05, 0) is 11.6 Å². The van der Waals surface area contributed by atoms with Crippen molar-refractivity contribution in [2.45, 2.75) is 25.0 Å². The summed E-state index contributed by atoms with van der Waals surface area (Å²) in [5, 5.41) is 0.315. The number of esters is 2. The van der Waals surface area contributed by atoms with Crippen LogP contribution in [0, 0.1) is 0 Å². The highest BCUT2D eigenvalue weighted by atomic mass is 35.5. The van der Waals surface area contributed by atoms with Crippen LogP contribution in [0.3, 0.4) is 0 Å². The number of fused-ring (bicyclic) bond motifs is 1. The Labute approximate surface area is 154 Å². The minimum Gasteiger partial charge on any atom is -0.458 e. The predicted molar refractivity (Wildman–Crippen MR) is 93.1 cm³/mol. The number of ether oxygens (including phenoxy) is 2. The lowest BCUT2D eigenvalue weighted by atomic mass is 9.99. The Balaban J connectivity index is 1.38. The number of benzene rings is 1. The first-order valence-electron chi connectivity index (χ1n) is 8.32. The minimum absolute atomic E-state index is 0.292. The van der Waals surface area contributed by atoms with Crippen LogP contribution in [0.4, 0.5) is 5.82 Å². The summed E-state index contributed by atoms with van der Waals surface area (Å²) in [5.41, 5.74) is 1.30. The van der Waals surface area contributed by atoms with Gasteiger partial charge in [0.25, 0.3) is 0 Å². The van der Waals surface area contributed by atoms with Gasteiger partial charge in [-0.25, -0.2) is 14.6 Å². The van der Waals surface area contributed by atoms with Gasteiger partial charge in [-0.3, -0.25) is 4.98 Å². The quantitative estimate of drug-likeness (QED) is 0.761. The van der Waals surface area contributed by atoms with Crippen molar-refractivity contribution >= 4 is 29.4 Å². The Kier molecular flexibility index (Phi) is 4.46. The van der Waals surface area contributed by atoms with Gasteiger partial charge >= 0.3 is 11.9 Å². The van der Waals surface area contributed by atoms with E-state index < -0.39 is 18.0 Å². The molecule has 8 heteroatoms. The van der Waals surface area contributed by atoms with Gasteiger partial charge < -0.3 is 14.4 Å². The zero-order valence-corrected chi connectivity index (χ0v) is 14.6. The molecule has 1 aromatic carbocycles. The smallest absolute Gasteiger partial charge is 0.348 e. The monoisotopic (exact) mass is 373 g/mol. The average molecular weight is 374 g/mol. The molecule has 26 heavy (non-hydrogen) atoms. The van der Waals surface area contributed by atoms with E-state index in [1.54, 1.807) is 18.3 Å². The highest BCUT2D eigenvalue weighted by molar-refractivity contribution is 6.29. The Hall–Kier alpha value is -2.67. The second kappa shape index (κ2) is 6.92. The SMILES string of the molecule is O=C1OC(C(=O)OC2CCN(c3cncc(Cl)n3)C2)Cc2ccccc21. The molecular formula is C18H16ClN3O4. The van der Waals surface area contributed by atoms with Crippen molar-refractivity contribution in [3.63, 3.8) is 0 Å². The molecule has 3 heterocycles. The van der Waals surface area contributed by atoms with Crippen molar-refractivity contribution in [2.24, 2.45) is 0 Å². The third-order valence-electron chi connectivity index (χ3n) is 4.50.